The van der Waals surface area contributed by atoms with Crippen molar-refractivity contribution in [2.24, 2.45) is 0 Å². The lowest BCUT2D eigenvalue weighted by Crippen LogP contribution is -2.54. The molecule has 0 aromatic heterocycles. The first-order valence-corrected chi connectivity index (χ1v) is 10.3. The van der Waals surface area contributed by atoms with E-state index in [1.807, 2.05) is 13.8 Å². The third-order valence-corrected chi connectivity index (χ3v) is 5.26. The van der Waals surface area contributed by atoms with Crippen LogP contribution < -0.4 is 19.7 Å². The van der Waals surface area contributed by atoms with Gasteiger partial charge < -0.3 is 9.47 Å². The van der Waals surface area contributed by atoms with Crippen LogP contribution in [0.5, 0.6) is 11.5 Å². The minimum absolute atomic E-state index is 0.0805. The van der Waals surface area contributed by atoms with Crippen molar-refractivity contribution in [3.63, 3.8) is 0 Å². The Morgan fingerprint density at radius 1 is 1.10 bits per heavy atom. The summed E-state index contributed by atoms with van der Waals surface area (Å²) < 4.78 is 11.2. The maximum Gasteiger partial charge on any atom is 0.270 e. The highest BCUT2D eigenvalue weighted by molar-refractivity contribution is 7.80. The molecule has 1 N–H and O–H groups in total. The van der Waals surface area contributed by atoms with Gasteiger partial charge in [0.05, 0.1) is 28.9 Å². The van der Waals surface area contributed by atoms with E-state index in [0.29, 0.717) is 30.3 Å². The SMILES string of the molecule is CCOc1ccc(/C=C2/C(=O)NC(=S)N(c3cccc(Cl)c3Cl)C2=O)c(OCC)c1. The van der Waals surface area contributed by atoms with Crippen molar-refractivity contribution in [3.8, 4) is 11.5 Å². The molecule has 2 aromatic rings. The summed E-state index contributed by atoms with van der Waals surface area (Å²) in [5.74, 6) is -0.131. The van der Waals surface area contributed by atoms with Gasteiger partial charge in [-0.2, -0.15) is 0 Å². The zero-order valence-corrected chi connectivity index (χ0v) is 18.5. The van der Waals surface area contributed by atoms with Gasteiger partial charge in [-0.3, -0.25) is 19.8 Å². The standard InChI is InChI=1S/C21H18Cl2N2O4S/c1-3-28-13-9-8-12(17(11-13)29-4-2)10-14-19(26)24-21(30)25(20(14)27)16-7-5-6-15(22)18(16)23/h5-11H,3-4H2,1-2H3,(H,24,26,30)/b14-10-. The first-order valence-electron chi connectivity index (χ1n) is 9.12. The van der Waals surface area contributed by atoms with Gasteiger partial charge in [-0.25, -0.2) is 0 Å². The van der Waals surface area contributed by atoms with Crippen molar-refractivity contribution in [1.82, 2.24) is 5.32 Å². The average Bonchev–Trinajstić information content (AvgIpc) is 2.70. The number of thiocarbonyl (C=S) groups is 1. The second-order valence-electron chi connectivity index (χ2n) is 6.10. The smallest absolute Gasteiger partial charge is 0.270 e. The number of amides is 2. The Morgan fingerprint density at radius 2 is 1.83 bits per heavy atom. The fourth-order valence-electron chi connectivity index (χ4n) is 2.87. The van der Waals surface area contributed by atoms with E-state index in [2.05, 4.69) is 5.32 Å². The van der Waals surface area contributed by atoms with E-state index in [4.69, 9.17) is 44.9 Å². The van der Waals surface area contributed by atoms with Gasteiger partial charge in [-0.05, 0) is 56.4 Å². The Morgan fingerprint density at radius 3 is 2.53 bits per heavy atom. The second-order valence-corrected chi connectivity index (χ2v) is 7.27. The van der Waals surface area contributed by atoms with Gasteiger partial charge in [0.25, 0.3) is 11.8 Å². The van der Waals surface area contributed by atoms with Gasteiger partial charge in [0.15, 0.2) is 5.11 Å². The molecule has 1 aliphatic heterocycles. The molecule has 0 unspecified atom stereocenters. The molecule has 0 saturated carbocycles. The summed E-state index contributed by atoms with van der Waals surface area (Å²) in [7, 11) is 0. The van der Waals surface area contributed by atoms with Gasteiger partial charge in [0, 0.05) is 11.6 Å². The minimum Gasteiger partial charge on any atom is -0.494 e. The Kier molecular flexibility index (Phi) is 6.97. The molecule has 30 heavy (non-hydrogen) atoms. The Labute approximate surface area is 189 Å². The van der Waals surface area contributed by atoms with Crippen LogP contribution in [0.15, 0.2) is 42.0 Å². The van der Waals surface area contributed by atoms with E-state index in [-0.39, 0.29) is 26.4 Å². The van der Waals surface area contributed by atoms with Crippen LogP contribution in [0.3, 0.4) is 0 Å². The average molecular weight is 465 g/mol. The molecule has 6 nitrogen and oxygen atoms in total. The second kappa shape index (κ2) is 9.47. The molecular formula is C21H18Cl2N2O4S. The van der Waals surface area contributed by atoms with Crippen LogP contribution >= 0.6 is 35.4 Å². The molecule has 1 aliphatic rings. The molecule has 9 heteroatoms. The summed E-state index contributed by atoms with van der Waals surface area (Å²) in [4.78, 5) is 26.9. The molecule has 156 valence electrons. The highest BCUT2D eigenvalue weighted by atomic mass is 35.5. The van der Waals surface area contributed by atoms with Crippen molar-refractivity contribution in [2.75, 3.05) is 18.1 Å². The number of carbonyl (C=O) groups excluding carboxylic acids is 2. The normalized spacial score (nSPS) is 15.4. The van der Waals surface area contributed by atoms with Crippen LogP contribution in [0, 0.1) is 0 Å². The summed E-state index contributed by atoms with van der Waals surface area (Å²) in [6.45, 7) is 4.61. The number of anilines is 1. The van der Waals surface area contributed by atoms with Gasteiger partial charge in [0.2, 0.25) is 0 Å². The van der Waals surface area contributed by atoms with E-state index < -0.39 is 11.8 Å². The fourth-order valence-corrected chi connectivity index (χ4v) is 3.52. The first kappa shape index (κ1) is 22.1. The van der Waals surface area contributed by atoms with Gasteiger partial charge in [-0.1, -0.05) is 29.3 Å². The minimum atomic E-state index is -0.621. The number of hydrogen-bond acceptors (Lipinski definition) is 5. The van der Waals surface area contributed by atoms with Gasteiger partial charge >= 0.3 is 0 Å². The molecule has 0 atom stereocenters. The Hall–Kier alpha value is -2.61. The quantitative estimate of drug-likeness (QED) is 0.383. The third kappa shape index (κ3) is 4.43. The number of rotatable bonds is 6. The Bertz CT molecular complexity index is 1060. The highest BCUT2D eigenvalue weighted by Gasteiger charge is 2.36. The van der Waals surface area contributed by atoms with E-state index in [0.717, 1.165) is 4.90 Å². The molecule has 2 aromatic carbocycles. The summed E-state index contributed by atoms with van der Waals surface area (Å²) >= 11 is 17.5. The molecule has 0 radical (unpaired) electrons. The van der Waals surface area contributed by atoms with Crippen LogP contribution in [0.4, 0.5) is 5.69 Å². The van der Waals surface area contributed by atoms with Crippen LogP contribution in [-0.4, -0.2) is 30.1 Å². The molecule has 1 fully saturated rings. The number of halogens is 2. The van der Waals surface area contributed by atoms with Crippen molar-refractivity contribution in [3.05, 3.63) is 57.6 Å². The number of hydrogen-bond donors (Lipinski definition) is 1. The molecule has 2 amide bonds. The number of carbonyl (C=O) groups is 2. The zero-order valence-electron chi connectivity index (χ0n) is 16.2. The predicted molar refractivity (Wildman–Crippen MR) is 121 cm³/mol. The van der Waals surface area contributed by atoms with E-state index in [1.165, 1.54) is 6.08 Å². The first-order chi connectivity index (χ1) is 14.4. The topological polar surface area (TPSA) is 67.9 Å². The lowest BCUT2D eigenvalue weighted by atomic mass is 10.1. The van der Waals surface area contributed by atoms with Crippen molar-refractivity contribution < 1.29 is 19.1 Å². The molecular weight excluding hydrogens is 447 g/mol. The van der Waals surface area contributed by atoms with Crippen LogP contribution in [0.1, 0.15) is 19.4 Å². The number of benzene rings is 2. The largest absolute Gasteiger partial charge is 0.494 e. The highest BCUT2D eigenvalue weighted by Crippen LogP contribution is 2.35. The summed E-state index contributed by atoms with van der Waals surface area (Å²) in [6, 6.07) is 9.98. The van der Waals surface area contributed by atoms with Crippen molar-refractivity contribution >= 4 is 64.1 Å². The molecule has 1 saturated heterocycles. The Balaban J connectivity index is 2.06. The third-order valence-electron chi connectivity index (χ3n) is 4.17. The van der Waals surface area contributed by atoms with Crippen LogP contribution in [0.2, 0.25) is 10.0 Å². The number of nitrogens with one attached hydrogen (secondary N) is 1. The van der Waals surface area contributed by atoms with E-state index in [1.54, 1.807) is 36.4 Å². The van der Waals surface area contributed by atoms with E-state index >= 15 is 0 Å². The predicted octanol–water partition coefficient (Wildman–Crippen LogP) is 4.62. The molecule has 0 aliphatic carbocycles. The van der Waals surface area contributed by atoms with Gasteiger partial charge in [-0.15, -0.1) is 0 Å². The van der Waals surface area contributed by atoms with Crippen molar-refractivity contribution in [1.29, 1.82) is 0 Å². The van der Waals surface area contributed by atoms with Crippen LogP contribution in [0.25, 0.3) is 6.08 Å². The lowest BCUT2D eigenvalue weighted by molar-refractivity contribution is -0.122. The molecule has 0 bridgehead atoms. The zero-order chi connectivity index (χ0) is 21.8. The summed E-state index contributed by atoms with van der Waals surface area (Å²) in [6.07, 6.45) is 1.45. The molecule has 1 heterocycles. The summed E-state index contributed by atoms with van der Waals surface area (Å²) in [5, 5.41) is 2.86. The number of ether oxygens (including phenoxy) is 2. The van der Waals surface area contributed by atoms with Crippen molar-refractivity contribution in [2.45, 2.75) is 13.8 Å². The monoisotopic (exact) mass is 464 g/mol. The molecule has 0 spiro atoms. The van der Waals surface area contributed by atoms with Gasteiger partial charge in [0.1, 0.15) is 17.1 Å². The van der Waals surface area contributed by atoms with Crippen LogP contribution in [-0.2, 0) is 9.59 Å². The summed E-state index contributed by atoms with van der Waals surface area (Å²) in [5.41, 5.74) is 0.704. The maximum absolute atomic E-state index is 13.2. The van der Waals surface area contributed by atoms with E-state index in [9.17, 15) is 9.59 Å². The number of nitrogens with zero attached hydrogens (tertiary/aromatic N) is 1. The molecule has 3 rings (SSSR count). The maximum atomic E-state index is 13.2. The fraction of sp³-hybridized carbons (Fsp3) is 0.190. The lowest BCUT2D eigenvalue weighted by Gasteiger charge is -2.29.